The van der Waals surface area contributed by atoms with Crippen molar-refractivity contribution < 1.29 is 23.8 Å². The van der Waals surface area contributed by atoms with Crippen LogP contribution in [0.1, 0.15) is 30.5 Å². The van der Waals surface area contributed by atoms with Crippen molar-refractivity contribution >= 4 is 17.5 Å². The summed E-state index contributed by atoms with van der Waals surface area (Å²) in [6.07, 6.45) is 2.40. The van der Waals surface area contributed by atoms with E-state index < -0.39 is 17.5 Å². The molecule has 1 aliphatic rings. The van der Waals surface area contributed by atoms with Crippen molar-refractivity contribution in [1.82, 2.24) is 0 Å². The van der Waals surface area contributed by atoms with E-state index >= 15 is 0 Å². The summed E-state index contributed by atoms with van der Waals surface area (Å²) in [6, 6.07) is 14.4. The van der Waals surface area contributed by atoms with Gasteiger partial charge in [-0.15, -0.1) is 0 Å². The summed E-state index contributed by atoms with van der Waals surface area (Å²) < 4.78 is 16.4. The fourth-order valence-corrected chi connectivity index (χ4v) is 2.85. The number of para-hydroxylation sites is 1. The fourth-order valence-electron chi connectivity index (χ4n) is 2.85. The molecule has 3 rings (SSSR count). The summed E-state index contributed by atoms with van der Waals surface area (Å²) in [5, 5.41) is 9.23. The first-order chi connectivity index (χ1) is 13.8. The highest BCUT2D eigenvalue weighted by molar-refractivity contribution is 5.99. The molecule has 0 fully saturated rings. The van der Waals surface area contributed by atoms with Gasteiger partial charge in [-0.1, -0.05) is 24.8 Å². The van der Waals surface area contributed by atoms with Crippen LogP contribution < -0.4 is 4.74 Å². The number of carbonyl (C=O) groups excluding carboxylic acids is 2. The van der Waals surface area contributed by atoms with Gasteiger partial charge in [0, 0.05) is 28.9 Å². The van der Waals surface area contributed by atoms with Gasteiger partial charge >= 0.3 is 11.9 Å². The molecule has 2 aromatic rings. The summed E-state index contributed by atoms with van der Waals surface area (Å²) in [5.41, 5.74) is 1.33. The highest BCUT2D eigenvalue weighted by Crippen LogP contribution is 2.43. The van der Waals surface area contributed by atoms with Gasteiger partial charge in [-0.05, 0) is 38.1 Å². The van der Waals surface area contributed by atoms with Crippen LogP contribution in [0.3, 0.4) is 0 Å². The van der Waals surface area contributed by atoms with Crippen LogP contribution >= 0.6 is 0 Å². The Morgan fingerprint density at radius 1 is 1.14 bits per heavy atom. The third kappa shape index (κ3) is 4.53. The molecule has 0 amide bonds. The molecule has 0 N–H and O–H groups in total. The number of fused-ring (bicyclic) bond motifs is 2. The topological polar surface area (TPSA) is 85.6 Å². The van der Waals surface area contributed by atoms with Gasteiger partial charge in [-0.25, -0.2) is 9.59 Å². The van der Waals surface area contributed by atoms with Crippen molar-refractivity contribution in [3.63, 3.8) is 0 Å². The van der Waals surface area contributed by atoms with Gasteiger partial charge in [0.25, 0.3) is 0 Å². The third-order valence-electron chi connectivity index (χ3n) is 4.16. The van der Waals surface area contributed by atoms with E-state index in [1.54, 1.807) is 38.1 Å². The summed E-state index contributed by atoms with van der Waals surface area (Å²) in [4.78, 5) is 23.9. The van der Waals surface area contributed by atoms with Crippen LogP contribution in [-0.4, -0.2) is 24.1 Å². The van der Waals surface area contributed by atoms with E-state index in [2.05, 4.69) is 12.6 Å². The Hall–Kier alpha value is -3.85. The van der Waals surface area contributed by atoms with Gasteiger partial charge in [-0.2, -0.15) is 5.26 Å². The molecule has 0 saturated carbocycles. The maximum atomic E-state index is 12.7. The molecule has 0 unspecified atom stereocenters. The quantitative estimate of drug-likeness (QED) is 0.481. The number of benzene rings is 2. The third-order valence-corrected chi connectivity index (χ3v) is 4.16. The SMILES string of the molecule is C=CC(=O)OCC(C)(C)OC(=O)C=C1c2ccccc2Oc2ccc(C#N)cc21. The second-order valence-corrected chi connectivity index (χ2v) is 6.97. The van der Waals surface area contributed by atoms with Gasteiger partial charge < -0.3 is 14.2 Å². The van der Waals surface area contributed by atoms with Crippen LogP contribution in [-0.2, 0) is 19.1 Å². The Morgan fingerprint density at radius 3 is 2.59 bits per heavy atom. The Balaban J connectivity index is 1.94. The molecule has 29 heavy (non-hydrogen) atoms. The van der Waals surface area contributed by atoms with Crippen LogP contribution in [0.5, 0.6) is 11.5 Å². The van der Waals surface area contributed by atoms with E-state index in [4.69, 9.17) is 14.2 Å². The zero-order valence-corrected chi connectivity index (χ0v) is 16.1. The number of carbonyl (C=O) groups is 2. The maximum absolute atomic E-state index is 12.7. The molecule has 6 nitrogen and oxygen atoms in total. The van der Waals surface area contributed by atoms with Crippen molar-refractivity contribution in [3.8, 4) is 17.6 Å². The van der Waals surface area contributed by atoms with Crippen LogP contribution in [0.4, 0.5) is 0 Å². The summed E-state index contributed by atoms with van der Waals surface area (Å²) in [5.74, 6) is -0.0580. The van der Waals surface area contributed by atoms with Crippen LogP contribution in [0.2, 0.25) is 0 Å². The second-order valence-electron chi connectivity index (χ2n) is 6.97. The van der Waals surface area contributed by atoms with Crippen molar-refractivity contribution in [3.05, 3.63) is 77.9 Å². The molecular weight excluding hydrogens is 370 g/mol. The Kier molecular flexibility index (Phi) is 5.51. The van der Waals surface area contributed by atoms with Crippen LogP contribution in [0.25, 0.3) is 5.57 Å². The molecular formula is C23H19NO5. The van der Waals surface area contributed by atoms with Crippen LogP contribution in [0, 0.1) is 11.3 Å². The molecule has 0 aliphatic carbocycles. The lowest BCUT2D eigenvalue weighted by Gasteiger charge is -2.25. The average Bonchev–Trinajstić information content (AvgIpc) is 2.71. The lowest BCUT2D eigenvalue weighted by Crippen LogP contribution is -2.33. The summed E-state index contributed by atoms with van der Waals surface area (Å²) in [6.45, 7) is 6.50. The molecule has 0 radical (unpaired) electrons. The Morgan fingerprint density at radius 2 is 1.86 bits per heavy atom. The zero-order chi connectivity index (χ0) is 21.0. The highest BCUT2D eigenvalue weighted by Gasteiger charge is 2.27. The Bertz CT molecular complexity index is 1060. The van der Waals surface area contributed by atoms with Gasteiger partial charge in [0.15, 0.2) is 0 Å². The lowest BCUT2D eigenvalue weighted by molar-refractivity contribution is -0.161. The molecule has 0 aromatic heterocycles. The first-order valence-corrected chi connectivity index (χ1v) is 8.88. The van der Waals surface area contributed by atoms with E-state index in [1.807, 2.05) is 18.2 Å². The smallest absolute Gasteiger partial charge is 0.332 e. The van der Waals surface area contributed by atoms with Crippen molar-refractivity contribution in [1.29, 1.82) is 5.26 Å². The molecule has 0 saturated heterocycles. The van der Waals surface area contributed by atoms with Crippen molar-refractivity contribution in [2.75, 3.05) is 6.61 Å². The van der Waals surface area contributed by atoms with Crippen molar-refractivity contribution in [2.45, 2.75) is 19.4 Å². The molecule has 0 atom stereocenters. The summed E-state index contributed by atoms with van der Waals surface area (Å²) in [7, 11) is 0. The summed E-state index contributed by atoms with van der Waals surface area (Å²) >= 11 is 0. The van der Waals surface area contributed by atoms with Gasteiger partial charge in [0.2, 0.25) is 0 Å². The van der Waals surface area contributed by atoms with E-state index in [9.17, 15) is 14.9 Å². The minimum atomic E-state index is -1.03. The molecule has 1 heterocycles. The zero-order valence-electron chi connectivity index (χ0n) is 16.1. The number of rotatable bonds is 5. The normalized spacial score (nSPS) is 13.3. The van der Waals surface area contributed by atoms with Gasteiger partial charge in [-0.3, -0.25) is 0 Å². The monoisotopic (exact) mass is 389 g/mol. The number of nitrogens with zero attached hydrogens (tertiary/aromatic N) is 1. The molecule has 1 aliphatic heterocycles. The van der Waals surface area contributed by atoms with Crippen molar-refractivity contribution in [2.24, 2.45) is 0 Å². The van der Waals surface area contributed by atoms with E-state index in [1.165, 1.54) is 6.08 Å². The first kappa shape index (κ1) is 19.9. The molecule has 0 bridgehead atoms. The molecule has 0 spiro atoms. The predicted octanol–water partition coefficient (Wildman–Crippen LogP) is 4.15. The van der Waals surface area contributed by atoms with Crippen LogP contribution in [0.15, 0.2) is 61.2 Å². The highest BCUT2D eigenvalue weighted by atomic mass is 16.6. The number of esters is 2. The molecule has 6 heteroatoms. The number of hydrogen-bond acceptors (Lipinski definition) is 6. The number of hydrogen-bond donors (Lipinski definition) is 0. The van der Waals surface area contributed by atoms with Gasteiger partial charge in [0.05, 0.1) is 11.6 Å². The van der Waals surface area contributed by atoms with E-state index in [0.29, 0.717) is 33.8 Å². The van der Waals surface area contributed by atoms with E-state index in [0.717, 1.165) is 6.08 Å². The largest absolute Gasteiger partial charge is 0.458 e. The number of nitriles is 1. The lowest BCUT2D eigenvalue weighted by atomic mass is 9.92. The second kappa shape index (κ2) is 8.03. The molecule has 2 aromatic carbocycles. The van der Waals surface area contributed by atoms with E-state index in [-0.39, 0.29) is 6.61 Å². The molecule has 146 valence electrons. The number of ether oxygens (including phenoxy) is 3. The maximum Gasteiger partial charge on any atom is 0.332 e. The van der Waals surface area contributed by atoms with Gasteiger partial charge in [0.1, 0.15) is 23.7 Å². The minimum Gasteiger partial charge on any atom is -0.458 e. The standard InChI is InChI=1S/C23H19NO5/c1-4-21(25)27-14-23(2,3)29-22(26)12-17-16-7-5-6-8-19(16)28-20-10-9-15(13-24)11-18(17)20/h4-12H,1,14H2,2-3H3. The minimum absolute atomic E-state index is 0.109. The fraction of sp³-hybridized carbons (Fsp3) is 0.174. The Labute approximate surface area is 168 Å². The average molecular weight is 389 g/mol. The first-order valence-electron chi connectivity index (χ1n) is 8.88. The predicted molar refractivity (Wildman–Crippen MR) is 106 cm³/mol.